The maximum Gasteiger partial charge on any atom is 0.205 e. The molecule has 1 saturated carbocycles. The minimum atomic E-state index is 0.571. The molecule has 70 valence electrons. The molecule has 0 heterocycles. The standard InChI is InChI=1S/C8H18N4/c1-3-10-8(12-9)11-7-4-6(2)5-7/h6-7H,3-5,9H2,1-2H3,(H2,10,11,12). The molecule has 0 bridgehead atoms. The van der Waals surface area contributed by atoms with Crippen LogP contribution < -0.4 is 16.6 Å². The molecule has 0 atom stereocenters. The molecule has 0 unspecified atom stereocenters. The molecule has 4 nitrogen and oxygen atoms in total. The Morgan fingerprint density at radius 2 is 2.25 bits per heavy atom. The van der Waals surface area contributed by atoms with Crippen LogP contribution in [-0.2, 0) is 0 Å². The number of guanidine groups is 1. The lowest BCUT2D eigenvalue weighted by Crippen LogP contribution is -2.50. The van der Waals surface area contributed by atoms with Crippen LogP contribution >= 0.6 is 0 Å². The van der Waals surface area contributed by atoms with Crippen LogP contribution in [0.25, 0.3) is 0 Å². The highest BCUT2D eigenvalue weighted by Gasteiger charge is 2.25. The Hall–Kier alpha value is -0.770. The summed E-state index contributed by atoms with van der Waals surface area (Å²) in [7, 11) is 0. The third-order valence-electron chi connectivity index (χ3n) is 2.17. The molecule has 0 amide bonds. The van der Waals surface area contributed by atoms with Crippen molar-refractivity contribution in [3.8, 4) is 0 Å². The fraction of sp³-hybridized carbons (Fsp3) is 0.875. The van der Waals surface area contributed by atoms with Crippen molar-refractivity contribution in [3.63, 3.8) is 0 Å². The van der Waals surface area contributed by atoms with Gasteiger partial charge in [-0.3, -0.25) is 10.4 Å². The molecule has 0 aromatic rings. The van der Waals surface area contributed by atoms with Crippen LogP contribution in [0.3, 0.4) is 0 Å². The minimum Gasteiger partial charge on any atom is -0.353 e. The zero-order valence-electron chi connectivity index (χ0n) is 7.80. The van der Waals surface area contributed by atoms with E-state index < -0.39 is 0 Å². The summed E-state index contributed by atoms with van der Waals surface area (Å²) in [5.74, 6) is 6.84. The number of nitrogens with two attached hydrogens (primary N) is 1. The van der Waals surface area contributed by atoms with Gasteiger partial charge in [-0.25, -0.2) is 5.84 Å². The quantitative estimate of drug-likeness (QED) is 0.240. The third kappa shape index (κ3) is 2.37. The Kier molecular flexibility index (Phi) is 3.34. The van der Waals surface area contributed by atoms with Gasteiger partial charge in [0.05, 0.1) is 0 Å². The number of nitrogens with zero attached hydrogens (tertiary/aromatic N) is 1. The molecule has 0 aromatic carbocycles. The molecule has 4 heteroatoms. The predicted octanol–water partition coefficient (Wildman–Crippen LogP) is 0.214. The lowest BCUT2D eigenvalue weighted by molar-refractivity contribution is 0.266. The van der Waals surface area contributed by atoms with Gasteiger partial charge in [0, 0.05) is 12.6 Å². The summed E-state index contributed by atoms with van der Waals surface area (Å²) in [6.45, 7) is 5.00. The first-order valence-electron chi connectivity index (χ1n) is 4.53. The molecule has 1 fully saturated rings. The second-order valence-corrected chi connectivity index (χ2v) is 3.39. The molecule has 1 rings (SSSR count). The number of aliphatic imine (C=N–C) groups is 1. The number of hydrazine groups is 1. The van der Waals surface area contributed by atoms with Crippen LogP contribution in [0.1, 0.15) is 26.7 Å². The van der Waals surface area contributed by atoms with E-state index in [2.05, 4.69) is 22.7 Å². The summed E-state index contributed by atoms with van der Waals surface area (Å²) in [5.41, 5.74) is 2.56. The lowest BCUT2D eigenvalue weighted by atomic mass is 9.82. The van der Waals surface area contributed by atoms with E-state index in [1.807, 2.05) is 6.92 Å². The van der Waals surface area contributed by atoms with E-state index in [1.54, 1.807) is 0 Å². The van der Waals surface area contributed by atoms with E-state index >= 15 is 0 Å². The van der Waals surface area contributed by atoms with Crippen molar-refractivity contribution >= 4 is 5.96 Å². The van der Waals surface area contributed by atoms with Crippen molar-refractivity contribution in [3.05, 3.63) is 0 Å². The van der Waals surface area contributed by atoms with E-state index in [0.717, 1.165) is 18.4 Å². The zero-order chi connectivity index (χ0) is 8.97. The lowest BCUT2D eigenvalue weighted by Gasteiger charge is -2.34. The first-order chi connectivity index (χ1) is 5.76. The van der Waals surface area contributed by atoms with Gasteiger partial charge in [-0.2, -0.15) is 0 Å². The van der Waals surface area contributed by atoms with Gasteiger partial charge in [-0.15, -0.1) is 0 Å². The Balaban J connectivity index is 2.24. The topological polar surface area (TPSA) is 62.4 Å². The first-order valence-corrected chi connectivity index (χ1v) is 4.53. The van der Waals surface area contributed by atoms with Gasteiger partial charge >= 0.3 is 0 Å². The highest BCUT2D eigenvalue weighted by atomic mass is 15.3. The molecule has 1 aliphatic carbocycles. The molecule has 1 aliphatic rings. The van der Waals surface area contributed by atoms with Gasteiger partial charge in [0.2, 0.25) is 5.96 Å². The Labute approximate surface area is 73.6 Å². The number of hydrogen-bond acceptors (Lipinski definition) is 2. The van der Waals surface area contributed by atoms with Crippen molar-refractivity contribution in [1.29, 1.82) is 0 Å². The molecule has 0 aliphatic heterocycles. The predicted molar refractivity (Wildman–Crippen MR) is 50.6 cm³/mol. The second-order valence-electron chi connectivity index (χ2n) is 3.39. The van der Waals surface area contributed by atoms with Gasteiger partial charge < -0.3 is 5.32 Å². The van der Waals surface area contributed by atoms with Gasteiger partial charge in [0.15, 0.2) is 0 Å². The van der Waals surface area contributed by atoms with Crippen LogP contribution in [-0.4, -0.2) is 18.5 Å². The van der Waals surface area contributed by atoms with Gasteiger partial charge in [0.1, 0.15) is 0 Å². The molecule has 0 aromatic heterocycles. The Morgan fingerprint density at radius 3 is 2.67 bits per heavy atom. The number of nitrogens with one attached hydrogen (secondary N) is 2. The molecule has 12 heavy (non-hydrogen) atoms. The van der Waals surface area contributed by atoms with E-state index in [1.165, 1.54) is 12.8 Å². The molecule has 0 saturated heterocycles. The van der Waals surface area contributed by atoms with Crippen molar-refractivity contribution in [2.45, 2.75) is 32.7 Å². The van der Waals surface area contributed by atoms with Gasteiger partial charge in [-0.1, -0.05) is 6.92 Å². The Bertz CT molecular complexity index is 160. The van der Waals surface area contributed by atoms with Gasteiger partial charge in [0.25, 0.3) is 0 Å². The van der Waals surface area contributed by atoms with Crippen LogP contribution in [0.5, 0.6) is 0 Å². The molecular formula is C8H18N4. The highest BCUT2D eigenvalue weighted by molar-refractivity contribution is 5.79. The average Bonchev–Trinajstić information content (AvgIpc) is 2.00. The highest BCUT2D eigenvalue weighted by Crippen LogP contribution is 2.25. The van der Waals surface area contributed by atoms with Crippen molar-refractivity contribution < 1.29 is 0 Å². The normalized spacial score (nSPS) is 29.4. The summed E-state index contributed by atoms with van der Waals surface area (Å²) in [4.78, 5) is 4.16. The summed E-state index contributed by atoms with van der Waals surface area (Å²) in [6.07, 6.45) is 2.45. The van der Waals surface area contributed by atoms with E-state index in [9.17, 15) is 0 Å². The SMILES string of the molecule is CCN=C(NN)NC1CC(C)C1. The number of rotatable bonds is 2. The molecule has 0 radical (unpaired) electrons. The smallest absolute Gasteiger partial charge is 0.205 e. The van der Waals surface area contributed by atoms with Crippen LogP contribution in [0.2, 0.25) is 0 Å². The average molecular weight is 170 g/mol. The van der Waals surface area contributed by atoms with Gasteiger partial charge in [-0.05, 0) is 25.7 Å². The minimum absolute atomic E-state index is 0.571. The summed E-state index contributed by atoms with van der Waals surface area (Å²) in [6, 6.07) is 0.571. The molecular weight excluding hydrogens is 152 g/mol. The van der Waals surface area contributed by atoms with Crippen molar-refractivity contribution in [1.82, 2.24) is 10.7 Å². The van der Waals surface area contributed by atoms with Crippen molar-refractivity contribution in [2.75, 3.05) is 6.54 Å². The Morgan fingerprint density at radius 1 is 1.58 bits per heavy atom. The monoisotopic (exact) mass is 170 g/mol. The maximum absolute atomic E-state index is 5.28. The largest absolute Gasteiger partial charge is 0.353 e. The fourth-order valence-corrected chi connectivity index (χ4v) is 1.50. The second kappa shape index (κ2) is 4.30. The number of hydrogen-bond donors (Lipinski definition) is 3. The zero-order valence-corrected chi connectivity index (χ0v) is 7.80. The van der Waals surface area contributed by atoms with Crippen LogP contribution in [0.4, 0.5) is 0 Å². The fourth-order valence-electron chi connectivity index (χ4n) is 1.50. The molecule has 4 N–H and O–H groups in total. The van der Waals surface area contributed by atoms with E-state index in [0.29, 0.717) is 6.04 Å². The van der Waals surface area contributed by atoms with E-state index in [-0.39, 0.29) is 0 Å². The van der Waals surface area contributed by atoms with Crippen LogP contribution in [0.15, 0.2) is 4.99 Å². The van der Waals surface area contributed by atoms with Crippen LogP contribution in [0, 0.1) is 5.92 Å². The summed E-state index contributed by atoms with van der Waals surface area (Å²) in [5, 5.41) is 3.25. The third-order valence-corrected chi connectivity index (χ3v) is 2.17. The maximum atomic E-state index is 5.28. The summed E-state index contributed by atoms with van der Waals surface area (Å²) < 4.78 is 0. The van der Waals surface area contributed by atoms with Crippen molar-refractivity contribution in [2.24, 2.45) is 16.8 Å². The summed E-state index contributed by atoms with van der Waals surface area (Å²) >= 11 is 0. The molecule has 0 spiro atoms. The first kappa shape index (κ1) is 9.32. The van der Waals surface area contributed by atoms with E-state index in [4.69, 9.17) is 5.84 Å².